The van der Waals surface area contributed by atoms with E-state index in [4.69, 9.17) is 0 Å². The number of anilines is 3. The van der Waals surface area contributed by atoms with Crippen LogP contribution < -0.4 is 10.6 Å². The smallest absolute Gasteiger partial charge is 0.255 e. The Labute approximate surface area is 181 Å². The van der Waals surface area contributed by atoms with E-state index in [0.29, 0.717) is 11.5 Å². The van der Waals surface area contributed by atoms with E-state index in [1.165, 1.54) is 0 Å². The lowest BCUT2D eigenvalue weighted by atomic mass is 10.1. The van der Waals surface area contributed by atoms with Crippen molar-refractivity contribution in [3.63, 3.8) is 0 Å². The summed E-state index contributed by atoms with van der Waals surface area (Å²) in [4.78, 5) is 25.9. The molecule has 6 nitrogen and oxygen atoms in total. The number of aryl methyl sites for hydroxylation is 3. The summed E-state index contributed by atoms with van der Waals surface area (Å²) in [7, 11) is 0. The van der Waals surface area contributed by atoms with Crippen LogP contribution in [0, 0.1) is 20.8 Å². The Balaban J connectivity index is 1.58. The molecule has 31 heavy (non-hydrogen) atoms. The second kappa shape index (κ2) is 8.75. The van der Waals surface area contributed by atoms with Crippen LogP contribution in [0.25, 0.3) is 11.3 Å². The number of pyridine rings is 1. The van der Waals surface area contributed by atoms with Crippen LogP contribution in [0.4, 0.5) is 17.3 Å². The third-order valence-electron chi connectivity index (χ3n) is 5.08. The number of hydrogen-bond donors (Lipinski definition) is 2. The molecule has 2 aromatic carbocycles. The maximum absolute atomic E-state index is 12.9. The monoisotopic (exact) mass is 409 g/mol. The molecule has 2 aromatic heterocycles. The number of carbonyl (C=O) groups is 1. The number of nitrogens with one attached hydrogen (secondary N) is 2. The molecule has 0 fully saturated rings. The van der Waals surface area contributed by atoms with Crippen LogP contribution in [0.5, 0.6) is 0 Å². The number of nitrogens with zero attached hydrogens (tertiary/aromatic N) is 3. The van der Waals surface area contributed by atoms with Crippen molar-refractivity contribution in [2.45, 2.75) is 20.8 Å². The average Bonchev–Trinajstić information content (AvgIpc) is 2.78. The maximum atomic E-state index is 12.9. The number of aromatic nitrogens is 3. The SMILES string of the molecule is Cc1ccc(C(=O)Nc2c(C)cccc2C)cc1Nc1nccc(-c2cccnc2)n1. The van der Waals surface area contributed by atoms with Crippen molar-refractivity contribution in [1.29, 1.82) is 0 Å². The minimum atomic E-state index is -0.162. The lowest BCUT2D eigenvalue weighted by Gasteiger charge is -2.14. The molecule has 154 valence electrons. The molecule has 0 radical (unpaired) electrons. The predicted molar refractivity (Wildman–Crippen MR) is 124 cm³/mol. The Hall–Kier alpha value is -4.06. The van der Waals surface area contributed by atoms with E-state index in [0.717, 1.165) is 39.3 Å². The summed E-state index contributed by atoms with van der Waals surface area (Å²) in [5.41, 5.74) is 6.89. The molecule has 0 saturated heterocycles. The summed E-state index contributed by atoms with van der Waals surface area (Å²) in [5, 5.41) is 6.27. The zero-order valence-corrected chi connectivity index (χ0v) is 17.7. The number of hydrogen-bond acceptors (Lipinski definition) is 5. The molecular formula is C25H23N5O. The first kappa shape index (κ1) is 20.2. The van der Waals surface area contributed by atoms with Crippen molar-refractivity contribution in [2.24, 2.45) is 0 Å². The molecule has 0 aliphatic heterocycles. The Morgan fingerprint density at radius 2 is 1.68 bits per heavy atom. The van der Waals surface area contributed by atoms with Gasteiger partial charge in [0.15, 0.2) is 0 Å². The standard InChI is InChI=1S/C25H23N5O/c1-16-9-10-19(24(31)30-23-17(2)6-4-7-18(23)3)14-22(16)29-25-27-13-11-21(28-25)20-8-5-12-26-15-20/h4-15H,1-3H3,(H,30,31)(H,27,28,29). The summed E-state index contributed by atoms with van der Waals surface area (Å²) >= 11 is 0. The summed E-state index contributed by atoms with van der Waals surface area (Å²) in [6.07, 6.45) is 5.18. The number of rotatable bonds is 5. The van der Waals surface area contributed by atoms with Gasteiger partial charge < -0.3 is 10.6 Å². The molecule has 0 aliphatic rings. The minimum absolute atomic E-state index is 0.162. The van der Waals surface area contributed by atoms with E-state index in [1.54, 1.807) is 18.6 Å². The van der Waals surface area contributed by atoms with E-state index in [9.17, 15) is 4.79 Å². The van der Waals surface area contributed by atoms with Gasteiger partial charge in [0.25, 0.3) is 5.91 Å². The van der Waals surface area contributed by atoms with Crippen LogP contribution in [0.1, 0.15) is 27.0 Å². The van der Waals surface area contributed by atoms with Crippen molar-refractivity contribution in [3.8, 4) is 11.3 Å². The fraction of sp³-hybridized carbons (Fsp3) is 0.120. The Morgan fingerprint density at radius 1 is 0.871 bits per heavy atom. The molecule has 6 heteroatoms. The molecule has 2 N–H and O–H groups in total. The highest BCUT2D eigenvalue weighted by molar-refractivity contribution is 6.05. The van der Waals surface area contributed by atoms with Gasteiger partial charge in [0, 0.05) is 41.1 Å². The number of para-hydroxylation sites is 1. The highest BCUT2D eigenvalue weighted by atomic mass is 16.1. The zero-order valence-electron chi connectivity index (χ0n) is 17.7. The van der Waals surface area contributed by atoms with Gasteiger partial charge in [-0.25, -0.2) is 9.97 Å². The lowest BCUT2D eigenvalue weighted by Crippen LogP contribution is -2.14. The van der Waals surface area contributed by atoms with E-state index in [-0.39, 0.29) is 5.91 Å². The van der Waals surface area contributed by atoms with Crippen molar-refractivity contribution >= 4 is 23.2 Å². The highest BCUT2D eigenvalue weighted by Gasteiger charge is 2.12. The van der Waals surface area contributed by atoms with E-state index in [2.05, 4.69) is 25.6 Å². The largest absolute Gasteiger partial charge is 0.324 e. The normalized spacial score (nSPS) is 10.5. The molecule has 4 rings (SSSR count). The van der Waals surface area contributed by atoms with Crippen molar-refractivity contribution < 1.29 is 4.79 Å². The molecule has 0 bridgehead atoms. The van der Waals surface area contributed by atoms with Crippen LogP contribution in [0.3, 0.4) is 0 Å². The molecule has 0 spiro atoms. The third kappa shape index (κ3) is 4.59. The van der Waals surface area contributed by atoms with Gasteiger partial charge in [0.1, 0.15) is 0 Å². The van der Waals surface area contributed by atoms with Gasteiger partial charge in [-0.3, -0.25) is 9.78 Å². The van der Waals surface area contributed by atoms with Crippen LogP contribution in [0.15, 0.2) is 73.2 Å². The molecule has 2 heterocycles. The summed E-state index contributed by atoms with van der Waals surface area (Å²) < 4.78 is 0. The second-order valence-corrected chi connectivity index (χ2v) is 7.38. The fourth-order valence-corrected chi connectivity index (χ4v) is 3.31. The van der Waals surface area contributed by atoms with Gasteiger partial charge in [-0.1, -0.05) is 24.3 Å². The summed E-state index contributed by atoms with van der Waals surface area (Å²) in [6, 6.07) is 17.1. The van der Waals surface area contributed by atoms with E-state index in [1.807, 2.05) is 75.4 Å². The van der Waals surface area contributed by atoms with Crippen LogP contribution in [0.2, 0.25) is 0 Å². The number of amides is 1. The highest BCUT2D eigenvalue weighted by Crippen LogP contribution is 2.24. The van der Waals surface area contributed by atoms with E-state index >= 15 is 0 Å². The second-order valence-electron chi connectivity index (χ2n) is 7.38. The molecule has 0 atom stereocenters. The first-order chi connectivity index (χ1) is 15.0. The molecule has 0 aliphatic carbocycles. The number of carbonyl (C=O) groups excluding carboxylic acids is 1. The molecule has 0 unspecified atom stereocenters. The van der Waals surface area contributed by atoms with Gasteiger partial charge in [-0.05, 0) is 67.8 Å². The number of benzene rings is 2. The molecular weight excluding hydrogens is 386 g/mol. The van der Waals surface area contributed by atoms with Crippen LogP contribution in [-0.4, -0.2) is 20.9 Å². The third-order valence-corrected chi connectivity index (χ3v) is 5.08. The van der Waals surface area contributed by atoms with Gasteiger partial charge >= 0.3 is 0 Å². The van der Waals surface area contributed by atoms with Crippen molar-refractivity contribution in [3.05, 3.63) is 95.4 Å². The fourth-order valence-electron chi connectivity index (χ4n) is 3.31. The quantitative estimate of drug-likeness (QED) is 0.457. The minimum Gasteiger partial charge on any atom is -0.324 e. The lowest BCUT2D eigenvalue weighted by molar-refractivity contribution is 0.102. The maximum Gasteiger partial charge on any atom is 0.255 e. The molecule has 1 amide bonds. The van der Waals surface area contributed by atoms with Crippen LogP contribution >= 0.6 is 0 Å². The van der Waals surface area contributed by atoms with Crippen molar-refractivity contribution in [1.82, 2.24) is 15.0 Å². The van der Waals surface area contributed by atoms with Gasteiger partial charge in [-0.15, -0.1) is 0 Å². The first-order valence-electron chi connectivity index (χ1n) is 10.00. The Morgan fingerprint density at radius 3 is 2.42 bits per heavy atom. The first-order valence-corrected chi connectivity index (χ1v) is 10.00. The van der Waals surface area contributed by atoms with Gasteiger partial charge in [0.05, 0.1) is 5.69 Å². The molecule has 0 saturated carbocycles. The zero-order chi connectivity index (χ0) is 21.8. The van der Waals surface area contributed by atoms with Crippen molar-refractivity contribution in [2.75, 3.05) is 10.6 Å². The topological polar surface area (TPSA) is 79.8 Å². The van der Waals surface area contributed by atoms with Gasteiger partial charge in [-0.2, -0.15) is 0 Å². The van der Waals surface area contributed by atoms with Crippen LogP contribution in [-0.2, 0) is 0 Å². The summed E-state index contributed by atoms with van der Waals surface area (Å²) in [6.45, 7) is 5.94. The summed E-state index contributed by atoms with van der Waals surface area (Å²) in [5.74, 6) is 0.294. The Bertz CT molecular complexity index is 1220. The van der Waals surface area contributed by atoms with Gasteiger partial charge in [0.2, 0.25) is 5.95 Å². The predicted octanol–water partition coefficient (Wildman–Crippen LogP) is 5.46. The average molecular weight is 409 g/mol. The Kier molecular flexibility index (Phi) is 5.71. The molecule has 4 aromatic rings. The van der Waals surface area contributed by atoms with E-state index < -0.39 is 0 Å².